The van der Waals surface area contributed by atoms with E-state index in [1.165, 1.54) is 84.1 Å². The summed E-state index contributed by atoms with van der Waals surface area (Å²) in [5.41, 5.74) is 6.71. The number of nitrogens with two attached hydrogens (primary N) is 1. The molecule has 0 aromatic heterocycles. The van der Waals surface area contributed by atoms with Gasteiger partial charge in [0.2, 0.25) is 0 Å². The van der Waals surface area contributed by atoms with Gasteiger partial charge in [-0.1, -0.05) is 6.42 Å². The maximum absolute atomic E-state index is 6.30. The molecule has 2 saturated carbocycles. The number of likely N-dealkylation sites (tertiary alicyclic amines) is 2. The summed E-state index contributed by atoms with van der Waals surface area (Å²) in [6, 6.07) is 0. The highest BCUT2D eigenvalue weighted by molar-refractivity contribution is 5.08. The Labute approximate surface area is 130 Å². The van der Waals surface area contributed by atoms with Crippen molar-refractivity contribution in [3.63, 3.8) is 0 Å². The Morgan fingerprint density at radius 2 is 1.71 bits per heavy atom. The molecule has 2 heterocycles. The monoisotopic (exact) mass is 291 g/mol. The van der Waals surface area contributed by atoms with Gasteiger partial charge in [-0.3, -0.25) is 4.90 Å². The third kappa shape index (κ3) is 2.55. The van der Waals surface area contributed by atoms with Gasteiger partial charge in [0.05, 0.1) is 0 Å². The van der Waals surface area contributed by atoms with E-state index < -0.39 is 0 Å². The number of hydrogen-bond acceptors (Lipinski definition) is 3. The van der Waals surface area contributed by atoms with Crippen molar-refractivity contribution in [3.8, 4) is 0 Å². The van der Waals surface area contributed by atoms with Crippen molar-refractivity contribution in [1.29, 1.82) is 0 Å². The quantitative estimate of drug-likeness (QED) is 0.863. The van der Waals surface area contributed by atoms with Crippen molar-refractivity contribution in [3.05, 3.63) is 0 Å². The molecule has 2 aliphatic heterocycles. The predicted octanol–water partition coefficient (Wildman–Crippen LogP) is 2.31. The molecule has 3 unspecified atom stereocenters. The zero-order chi connectivity index (χ0) is 14.3. The van der Waals surface area contributed by atoms with E-state index in [4.69, 9.17) is 5.73 Å². The van der Waals surface area contributed by atoms with Crippen molar-refractivity contribution in [1.82, 2.24) is 9.80 Å². The standard InChI is InChI=1S/C18H33N3/c19-14-18(12-16-3-4-17(18)11-16)21-9-5-15(6-10-21)13-20-7-1-2-8-20/h15-17H,1-14,19H2. The molecule has 21 heavy (non-hydrogen) atoms. The molecule has 2 N–H and O–H groups in total. The molecule has 120 valence electrons. The normalized spacial score (nSPS) is 42.1. The molecule has 3 heteroatoms. The first-order valence-electron chi connectivity index (χ1n) is 9.47. The Hall–Kier alpha value is -0.120. The lowest BCUT2D eigenvalue weighted by atomic mass is 9.77. The van der Waals surface area contributed by atoms with Crippen molar-refractivity contribution in [2.45, 2.75) is 56.9 Å². The lowest BCUT2D eigenvalue weighted by Gasteiger charge is -2.49. The third-order valence-electron chi connectivity index (χ3n) is 7.26. The molecule has 0 aromatic carbocycles. The molecule has 2 aliphatic carbocycles. The first-order valence-corrected chi connectivity index (χ1v) is 9.47. The molecule has 4 rings (SSSR count). The molecule has 0 amide bonds. The van der Waals surface area contributed by atoms with E-state index in [1.54, 1.807) is 0 Å². The highest BCUT2D eigenvalue weighted by atomic mass is 15.2. The van der Waals surface area contributed by atoms with Gasteiger partial charge in [0.1, 0.15) is 0 Å². The van der Waals surface area contributed by atoms with Crippen LogP contribution in [0.2, 0.25) is 0 Å². The van der Waals surface area contributed by atoms with Gasteiger partial charge in [0.25, 0.3) is 0 Å². The molecule has 4 fully saturated rings. The van der Waals surface area contributed by atoms with Crippen molar-refractivity contribution >= 4 is 0 Å². The van der Waals surface area contributed by atoms with Crippen molar-refractivity contribution < 1.29 is 0 Å². The Bertz CT molecular complexity index is 357. The Morgan fingerprint density at radius 1 is 0.952 bits per heavy atom. The summed E-state index contributed by atoms with van der Waals surface area (Å²) >= 11 is 0. The lowest BCUT2D eigenvalue weighted by molar-refractivity contribution is 0.00992. The summed E-state index contributed by atoms with van der Waals surface area (Å²) in [5, 5.41) is 0. The first-order chi connectivity index (χ1) is 10.3. The van der Waals surface area contributed by atoms with Crippen LogP contribution >= 0.6 is 0 Å². The van der Waals surface area contributed by atoms with Crippen LogP contribution in [0.25, 0.3) is 0 Å². The average molecular weight is 291 g/mol. The number of rotatable bonds is 4. The smallest absolute Gasteiger partial charge is 0.0362 e. The highest BCUT2D eigenvalue weighted by Crippen LogP contribution is 2.53. The minimum absolute atomic E-state index is 0.404. The van der Waals surface area contributed by atoms with Crippen LogP contribution in [0, 0.1) is 17.8 Å². The summed E-state index contributed by atoms with van der Waals surface area (Å²) in [6.07, 6.45) is 11.5. The number of nitrogens with zero attached hydrogens (tertiary/aromatic N) is 2. The molecular weight excluding hydrogens is 258 g/mol. The molecular formula is C18H33N3. The zero-order valence-electron chi connectivity index (χ0n) is 13.6. The highest BCUT2D eigenvalue weighted by Gasteiger charge is 2.53. The topological polar surface area (TPSA) is 32.5 Å². The van der Waals surface area contributed by atoms with Crippen LogP contribution in [0.15, 0.2) is 0 Å². The van der Waals surface area contributed by atoms with Crippen LogP contribution in [0.4, 0.5) is 0 Å². The van der Waals surface area contributed by atoms with Crippen LogP contribution in [0.1, 0.15) is 51.4 Å². The summed E-state index contributed by atoms with van der Waals surface area (Å²) in [5.74, 6) is 2.87. The second kappa shape index (κ2) is 5.82. The molecule has 3 nitrogen and oxygen atoms in total. The minimum Gasteiger partial charge on any atom is -0.329 e. The average Bonchev–Trinajstić information content (AvgIpc) is 3.24. The maximum atomic E-state index is 6.30. The van der Waals surface area contributed by atoms with Crippen LogP contribution in [0.3, 0.4) is 0 Å². The first kappa shape index (κ1) is 14.5. The summed E-state index contributed by atoms with van der Waals surface area (Å²) in [7, 11) is 0. The maximum Gasteiger partial charge on any atom is 0.0362 e. The van der Waals surface area contributed by atoms with Gasteiger partial charge in [-0.25, -0.2) is 0 Å². The van der Waals surface area contributed by atoms with Crippen molar-refractivity contribution in [2.24, 2.45) is 23.5 Å². The molecule has 2 saturated heterocycles. The second-order valence-corrected chi connectivity index (χ2v) is 8.33. The predicted molar refractivity (Wildman–Crippen MR) is 87.2 cm³/mol. The summed E-state index contributed by atoms with van der Waals surface area (Å²) in [4.78, 5) is 5.54. The number of fused-ring (bicyclic) bond motifs is 2. The van der Waals surface area contributed by atoms with Gasteiger partial charge >= 0.3 is 0 Å². The lowest BCUT2D eigenvalue weighted by Crippen LogP contribution is -2.59. The summed E-state index contributed by atoms with van der Waals surface area (Å²) < 4.78 is 0. The SMILES string of the molecule is NCC1(N2CCC(CN3CCCC3)CC2)CC2CCC1C2. The van der Waals surface area contributed by atoms with Crippen LogP contribution in [-0.4, -0.2) is 54.6 Å². The van der Waals surface area contributed by atoms with Gasteiger partial charge in [-0.2, -0.15) is 0 Å². The number of piperidine rings is 1. The number of hydrogen-bond donors (Lipinski definition) is 1. The van der Waals surface area contributed by atoms with Gasteiger partial charge in [0.15, 0.2) is 0 Å². The minimum atomic E-state index is 0.404. The van der Waals surface area contributed by atoms with Gasteiger partial charge < -0.3 is 10.6 Å². The molecule has 0 radical (unpaired) electrons. The van der Waals surface area contributed by atoms with E-state index in [0.29, 0.717) is 5.54 Å². The third-order valence-corrected chi connectivity index (χ3v) is 7.26. The van der Waals surface area contributed by atoms with Crippen LogP contribution in [0.5, 0.6) is 0 Å². The van der Waals surface area contributed by atoms with Gasteiger partial charge in [0, 0.05) is 18.6 Å². The van der Waals surface area contributed by atoms with E-state index in [-0.39, 0.29) is 0 Å². The van der Waals surface area contributed by atoms with Crippen molar-refractivity contribution in [2.75, 3.05) is 39.3 Å². The molecule has 3 atom stereocenters. The summed E-state index contributed by atoms with van der Waals surface area (Å²) in [6.45, 7) is 7.63. The van der Waals surface area contributed by atoms with E-state index in [0.717, 1.165) is 24.3 Å². The molecule has 0 aromatic rings. The van der Waals surface area contributed by atoms with Gasteiger partial charge in [-0.15, -0.1) is 0 Å². The van der Waals surface area contributed by atoms with E-state index in [2.05, 4.69) is 9.80 Å². The molecule has 0 spiro atoms. The van der Waals surface area contributed by atoms with E-state index >= 15 is 0 Å². The molecule has 4 aliphatic rings. The Morgan fingerprint density at radius 3 is 2.29 bits per heavy atom. The van der Waals surface area contributed by atoms with E-state index in [1.807, 2.05) is 0 Å². The fraction of sp³-hybridized carbons (Fsp3) is 1.00. The fourth-order valence-electron chi connectivity index (χ4n) is 6.07. The Balaban J connectivity index is 1.34. The second-order valence-electron chi connectivity index (χ2n) is 8.33. The van der Waals surface area contributed by atoms with E-state index in [9.17, 15) is 0 Å². The van der Waals surface area contributed by atoms with Crippen LogP contribution < -0.4 is 5.73 Å². The zero-order valence-corrected chi connectivity index (χ0v) is 13.6. The van der Waals surface area contributed by atoms with Gasteiger partial charge in [-0.05, 0) is 88.9 Å². The Kier molecular flexibility index (Phi) is 4.01. The fourth-order valence-corrected chi connectivity index (χ4v) is 6.07. The largest absolute Gasteiger partial charge is 0.329 e. The van der Waals surface area contributed by atoms with Crippen LogP contribution in [-0.2, 0) is 0 Å². The molecule has 2 bridgehead atoms.